The van der Waals surface area contributed by atoms with Gasteiger partial charge >= 0.3 is 6.09 Å². The Kier molecular flexibility index (Phi) is 6.19. The standard InChI is InChI=1S/C13H18N4O2.CH5N3/c1-13(2,3)19-12(18)14-8-9-4-6-10(7-5-9)15-11-16-17-11;2-1(3)4/h4-7H,8H2,1-3H3,(H,14,18)(H2,15,16,17);(H5,2,3,4). The minimum Gasteiger partial charge on any atom is -0.444 e. The lowest BCUT2D eigenvalue weighted by Gasteiger charge is -2.19. The summed E-state index contributed by atoms with van der Waals surface area (Å²) in [4.78, 5) is 11.5. The molecule has 0 unspecified atom stereocenters. The Morgan fingerprint density at radius 1 is 1.30 bits per heavy atom. The summed E-state index contributed by atoms with van der Waals surface area (Å²) in [6.45, 7) is 5.94. The van der Waals surface area contributed by atoms with Crippen molar-refractivity contribution < 1.29 is 9.53 Å². The van der Waals surface area contributed by atoms with Crippen LogP contribution in [0.25, 0.3) is 0 Å². The van der Waals surface area contributed by atoms with Crippen LogP contribution in [0.5, 0.6) is 0 Å². The van der Waals surface area contributed by atoms with Crippen molar-refractivity contribution in [1.82, 2.24) is 10.7 Å². The number of benzene rings is 1. The zero-order valence-corrected chi connectivity index (χ0v) is 13.4. The summed E-state index contributed by atoms with van der Waals surface area (Å²) in [6, 6.07) is 7.72. The molecule has 0 aliphatic carbocycles. The fraction of sp³-hybridized carbons (Fsp3) is 0.357. The fourth-order valence-corrected chi connectivity index (χ4v) is 1.41. The number of anilines is 1. The Labute approximate surface area is 135 Å². The third kappa shape index (κ3) is 9.56. The second-order valence-electron chi connectivity index (χ2n) is 5.70. The number of rotatable bonds is 3. The first kappa shape index (κ1) is 18.1. The molecule has 1 aliphatic heterocycles. The molecule has 1 aliphatic rings. The third-order valence-corrected chi connectivity index (χ3v) is 2.28. The Hall–Kier alpha value is -2.97. The average Bonchev–Trinajstić information content (AvgIpc) is 3.19. The summed E-state index contributed by atoms with van der Waals surface area (Å²) in [7, 11) is 0. The predicted molar refractivity (Wildman–Crippen MR) is 89.8 cm³/mol. The van der Waals surface area contributed by atoms with E-state index in [0.717, 1.165) is 17.2 Å². The van der Waals surface area contributed by atoms with Crippen molar-refractivity contribution in [3.05, 3.63) is 29.8 Å². The molecule has 2 rings (SSSR count). The first-order valence-electron chi connectivity index (χ1n) is 6.92. The highest BCUT2D eigenvalue weighted by atomic mass is 16.6. The van der Waals surface area contributed by atoms with Crippen molar-refractivity contribution in [2.24, 2.45) is 16.6 Å². The molecule has 9 heteroatoms. The predicted octanol–water partition coefficient (Wildman–Crippen LogP) is 0.836. The van der Waals surface area contributed by atoms with Crippen molar-refractivity contribution in [2.45, 2.75) is 32.9 Å². The van der Waals surface area contributed by atoms with Crippen molar-refractivity contribution in [3.63, 3.8) is 0 Å². The molecule has 1 aromatic carbocycles. The van der Waals surface area contributed by atoms with Crippen molar-refractivity contribution >= 4 is 23.7 Å². The molecule has 0 bridgehead atoms. The third-order valence-electron chi connectivity index (χ3n) is 2.28. The molecule has 0 atom stereocenters. The molecular weight excluding hydrogens is 298 g/mol. The largest absolute Gasteiger partial charge is 0.444 e. The number of carbonyl (C=O) groups is 1. The number of alkyl carbamates (subject to hydrolysis) is 1. The van der Waals surface area contributed by atoms with E-state index in [9.17, 15) is 4.79 Å². The molecule has 126 valence electrons. The topological polar surface area (TPSA) is 161 Å². The number of ether oxygens (including phenoxy) is 1. The average molecular weight is 321 g/mol. The lowest BCUT2D eigenvalue weighted by Crippen LogP contribution is -2.32. The molecule has 1 heterocycles. The van der Waals surface area contributed by atoms with E-state index in [1.165, 1.54) is 0 Å². The van der Waals surface area contributed by atoms with E-state index >= 15 is 0 Å². The van der Waals surface area contributed by atoms with Crippen LogP contribution in [0.4, 0.5) is 10.5 Å². The van der Waals surface area contributed by atoms with E-state index in [-0.39, 0.29) is 5.96 Å². The number of carbonyl (C=O) groups excluding carboxylic acids is 1. The molecule has 8 N–H and O–H groups in total. The van der Waals surface area contributed by atoms with Gasteiger partial charge in [-0.15, -0.1) is 5.10 Å². The summed E-state index contributed by atoms with van der Waals surface area (Å²) in [5, 5.41) is 15.6. The number of nitrogens with two attached hydrogens (primary N) is 2. The van der Waals surface area contributed by atoms with E-state index in [2.05, 4.69) is 32.6 Å². The molecule has 1 amide bonds. The van der Waals surface area contributed by atoms with Crippen molar-refractivity contribution in [2.75, 3.05) is 5.32 Å². The van der Waals surface area contributed by atoms with Gasteiger partial charge in [-0.3, -0.25) is 5.41 Å². The van der Waals surface area contributed by atoms with Gasteiger partial charge in [0, 0.05) is 12.2 Å². The highest BCUT2D eigenvalue weighted by Gasteiger charge is 2.15. The van der Waals surface area contributed by atoms with E-state index in [1.807, 2.05) is 45.0 Å². The number of guanidine groups is 2. The molecule has 9 nitrogen and oxygen atoms in total. The lowest BCUT2D eigenvalue weighted by molar-refractivity contribution is 0.0523. The van der Waals surface area contributed by atoms with Crippen LogP contribution >= 0.6 is 0 Å². The van der Waals surface area contributed by atoms with Crippen LogP contribution in [0, 0.1) is 5.41 Å². The molecule has 0 fully saturated rings. The number of hydrazone groups is 1. The molecular formula is C14H23N7O2. The van der Waals surface area contributed by atoms with Gasteiger partial charge in [-0.2, -0.15) is 0 Å². The zero-order chi connectivity index (χ0) is 17.5. The number of amides is 1. The first-order chi connectivity index (χ1) is 10.7. The van der Waals surface area contributed by atoms with E-state index < -0.39 is 11.7 Å². The van der Waals surface area contributed by atoms with Gasteiger partial charge in [-0.1, -0.05) is 12.1 Å². The van der Waals surface area contributed by atoms with Gasteiger partial charge in [-0.25, -0.2) is 10.2 Å². The molecule has 1 aromatic rings. The summed E-state index contributed by atoms with van der Waals surface area (Å²) >= 11 is 0. The van der Waals surface area contributed by atoms with E-state index in [4.69, 9.17) is 10.1 Å². The molecule has 0 aromatic heterocycles. The van der Waals surface area contributed by atoms with Crippen LogP contribution in [0.3, 0.4) is 0 Å². The van der Waals surface area contributed by atoms with Crippen LogP contribution in [0.2, 0.25) is 0 Å². The van der Waals surface area contributed by atoms with Gasteiger partial charge in [-0.05, 0) is 38.5 Å². The highest BCUT2D eigenvalue weighted by molar-refractivity contribution is 6.00. The first-order valence-corrected chi connectivity index (χ1v) is 6.92. The van der Waals surface area contributed by atoms with E-state index in [0.29, 0.717) is 6.54 Å². The van der Waals surface area contributed by atoms with Crippen LogP contribution in [0.15, 0.2) is 29.4 Å². The highest BCUT2D eigenvalue weighted by Crippen LogP contribution is 2.11. The van der Waals surface area contributed by atoms with Crippen molar-refractivity contribution in [3.8, 4) is 0 Å². The molecule has 0 saturated heterocycles. The Morgan fingerprint density at radius 3 is 2.26 bits per heavy atom. The van der Waals surface area contributed by atoms with Gasteiger partial charge in [0.05, 0.1) is 0 Å². The smallest absolute Gasteiger partial charge is 0.407 e. The summed E-state index contributed by atoms with van der Waals surface area (Å²) in [5.74, 6) is 0.430. The monoisotopic (exact) mass is 321 g/mol. The summed E-state index contributed by atoms with van der Waals surface area (Å²) in [5.41, 5.74) is 13.1. The van der Waals surface area contributed by atoms with Crippen LogP contribution < -0.4 is 27.5 Å². The second-order valence-corrected chi connectivity index (χ2v) is 5.70. The Bertz CT molecular complexity index is 572. The maximum Gasteiger partial charge on any atom is 0.407 e. The molecule has 0 radical (unpaired) electrons. The number of nitrogens with one attached hydrogen (secondary N) is 4. The normalized spacial score (nSPS) is 11.9. The van der Waals surface area contributed by atoms with Crippen LogP contribution in [-0.2, 0) is 11.3 Å². The Balaban J connectivity index is 0.000000593. The van der Waals surface area contributed by atoms with Gasteiger partial charge in [0.2, 0.25) is 5.96 Å². The zero-order valence-electron chi connectivity index (χ0n) is 13.4. The molecule has 0 saturated carbocycles. The van der Waals surface area contributed by atoms with Gasteiger partial charge < -0.3 is 26.8 Å². The second kappa shape index (κ2) is 7.87. The summed E-state index contributed by atoms with van der Waals surface area (Å²) in [6.07, 6.45) is -0.411. The van der Waals surface area contributed by atoms with Gasteiger partial charge in [0.1, 0.15) is 5.60 Å². The summed E-state index contributed by atoms with van der Waals surface area (Å²) < 4.78 is 5.16. The fourth-order valence-electron chi connectivity index (χ4n) is 1.41. The Morgan fingerprint density at radius 2 is 1.83 bits per heavy atom. The van der Waals surface area contributed by atoms with Gasteiger partial charge in [0.15, 0.2) is 5.96 Å². The lowest BCUT2D eigenvalue weighted by atomic mass is 10.2. The quantitative estimate of drug-likeness (QED) is 0.357. The molecule has 0 spiro atoms. The van der Waals surface area contributed by atoms with Crippen LogP contribution in [-0.4, -0.2) is 23.6 Å². The maximum absolute atomic E-state index is 11.5. The van der Waals surface area contributed by atoms with Gasteiger partial charge in [0.25, 0.3) is 0 Å². The van der Waals surface area contributed by atoms with Crippen molar-refractivity contribution in [1.29, 1.82) is 5.41 Å². The minimum atomic E-state index is -0.476. The number of nitrogens with zero attached hydrogens (tertiary/aromatic N) is 1. The number of hydrogen-bond donors (Lipinski definition) is 6. The van der Waals surface area contributed by atoms with Crippen LogP contribution in [0.1, 0.15) is 26.3 Å². The molecule has 23 heavy (non-hydrogen) atoms. The maximum atomic E-state index is 11.5. The SMILES string of the molecule is CC(C)(C)OC(=O)NCc1ccc(NC2=NN2)cc1.N=C(N)N. The number of hydrogen-bond acceptors (Lipinski definition) is 6. The van der Waals surface area contributed by atoms with E-state index in [1.54, 1.807) is 0 Å². The minimum absolute atomic E-state index is 0.333.